The van der Waals surface area contributed by atoms with Crippen LogP contribution in [-0.4, -0.2) is 22.2 Å². The van der Waals surface area contributed by atoms with Gasteiger partial charge in [-0.05, 0) is 30.0 Å². The van der Waals surface area contributed by atoms with Gasteiger partial charge in [0, 0.05) is 5.02 Å². The molecule has 3 aromatic rings. The van der Waals surface area contributed by atoms with Gasteiger partial charge in [-0.3, -0.25) is 15.0 Å². The van der Waals surface area contributed by atoms with Gasteiger partial charge in [-0.15, -0.1) is 11.3 Å². The largest absolute Gasteiger partial charge is 0.367 e. The molecular formula is C16H14ClN3O3S. The highest BCUT2D eigenvalue weighted by molar-refractivity contribution is 7.16. The van der Waals surface area contributed by atoms with E-state index in [9.17, 15) is 9.59 Å². The number of benzene rings is 1. The number of thiophene rings is 1. The summed E-state index contributed by atoms with van der Waals surface area (Å²) in [6.45, 7) is 1.67. The van der Waals surface area contributed by atoms with Crippen LogP contribution in [0.3, 0.4) is 0 Å². The molecule has 24 heavy (non-hydrogen) atoms. The smallest absolute Gasteiger partial charge is 0.281 e. The second-order valence-corrected chi connectivity index (χ2v) is 6.36. The number of aryl methyl sites for hydroxylation is 1. The Labute approximate surface area is 146 Å². The summed E-state index contributed by atoms with van der Waals surface area (Å²) in [4.78, 5) is 29.3. The van der Waals surface area contributed by atoms with Gasteiger partial charge in [0.05, 0.1) is 12.0 Å². The summed E-state index contributed by atoms with van der Waals surface area (Å²) in [6.07, 6.45) is 0. The normalized spacial score (nSPS) is 10.9. The molecule has 1 aromatic carbocycles. The Morgan fingerprint density at radius 3 is 2.96 bits per heavy atom. The van der Waals surface area contributed by atoms with Crippen molar-refractivity contribution in [2.75, 3.05) is 12.0 Å². The third-order valence-electron chi connectivity index (χ3n) is 3.35. The van der Waals surface area contributed by atoms with Crippen LogP contribution in [0.1, 0.15) is 11.4 Å². The van der Waals surface area contributed by atoms with E-state index in [2.05, 4.69) is 10.4 Å². The van der Waals surface area contributed by atoms with E-state index in [1.165, 1.54) is 11.3 Å². The van der Waals surface area contributed by atoms with Crippen molar-refractivity contribution in [3.63, 3.8) is 0 Å². The fourth-order valence-electron chi connectivity index (χ4n) is 2.17. The third-order valence-corrected chi connectivity index (χ3v) is 4.53. The van der Waals surface area contributed by atoms with Crippen molar-refractivity contribution in [3.8, 4) is 0 Å². The quantitative estimate of drug-likeness (QED) is 0.756. The van der Waals surface area contributed by atoms with Gasteiger partial charge in [-0.25, -0.2) is 9.66 Å². The van der Waals surface area contributed by atoms with Gasteiger partial charge in [-0.2, -0.15) is 0 Å². The van der Waals surface area contributed by atoms with Crippen LogP contribution in [0.4, 0.5) is 0 Å². The van der Waals surface area contributed by atoms with Gasteiger partial charge in [0.15, 0.2) is 0 Å². The molecule has 0 saturated carbocycles. The number of amides is 1. The van der Waals surface area contributed by atoms with Crippen LogP contribution in [0, 0.1) is 6.92 Å². The highest BCUT2D eigenvalue weighted by Gasteiger charge is 2.12. The van der Waals surface area contributed by atoms with E-state index >= 15 is 0 Å². The highest BCUT2D eigenvalue weighted by Crippen LogP contribution is 2.16. The van der Waals surface area contributed by atoms with E-state index in [4.69, 9.17) is 16.3 Å². The van der Waals surface area contributed by atoms with Gasteiger partial charge >= 0.3 is 0 Å². The van der Waals surface area contributed by atoms with Crippen LogP contribution in [0.25, 0.3) is 10.2 Å². The Morgan fingerprint density at radius 1 is 1.38 bits per heavy atom. The molecule has 0 spiro atoms. The lowest BCUT2D eigenvalue weighted by Crippen LogP contribution is -2.36. The highest BCUT2D eigenvalue weighted by atomic mass is 35.5. The zero-order valence-corrected chi connectivity index (χ0v) is 14.4. The molecule has 0 aliphatic carbocycles. The van der Waals surface area contributed by atoms with Gasteiger partial charge in [-0.1, -0.05) is 29.8 Å². The van der Waals surface area contributed by atoms with Crippen molar-refractivity contribution < 1.29 is 9.53 Å². The first-order valence-electron chi connectivity index (χ1n) is 7.14. The zero-order valence-electron chi connectivity index (χ0n) is 12.8. The molecule has 0 aliphatic rings. The molecule has 6 nitrogen and oxygen atoms in total. The van der Waals surface area contributed by atoms with Crippen molar-refractivity contribution in [2.24, 2.45) is 0 Å². The molecule has 1 N–H and O–H groups in total. The molecule has 3 rings (SSSR count). The molecule has 0 saturated heterocycles. The second-order valence-electron chi connectivity index (χ2n) is 5.06. The van der Waals surface area contributed by atoms with E-state index in [0.717, 1.165) is 10.2 Å². The third kappa shape index (κ3) is 3.48. The molecule has 0 aliphatic heterocycles. The van der Waals surface area contributed by atoms with Crippen molar-refractivity contribution in [2.45, 2.75) is 13.5 Å². The van der Waals surface area contributed by atoms with E-state index in [-0.39, 0.29) is 18.8 Å². The second kappa shape index (κ2) is 7.12. The lowest BCUT2D eigenvalue weighted by atomic mass is 10.2. The maximum atomic E-state index is 12.3. The van der Waals surface area contributed by atoms with E-state index in [1.54, 1.807) is 24.4 Å². The molecule has 2 heterocycles. The summed E-state index contributed by atoms with van der Waals surface area (Å²) in [5.74, 6) is -0.0296. The summed E-state index contributed by atoms with van der Waals surface area (Å²) in [5, 5.41) is 2.84. The summed E-state index contributed by atoms with van der Waals surface area (Å²) < 4.78 is 6.49. The van der Waals surface area contributed by atoms with Crippen LogP contribution in [0.15, 0.2) is 40.5 Å². The number of nitrogens with zero attached hydrogens (tertiary/aromatic N) is 2. The van der Waals surface area contributed by atoms with Gasteiger partial charge in [0.1, 0.15) is 17.3 Å². The van der Waals surface area contributed by atoms with Gasteiger partial charge < -0.3 is 4.74 Å². The molecule has 0 radical (unpaired) electrons. The molecule has 124 valence electrons. The number of hydrogen-bond donors (Lipinski definition) is 1. The summed E-state index contributed by atoms with van der Waals surface area (Å²) in [6, 6.07) is 8.93. The minimum Gasteiger partial charge on any atom is -0.367 e. The minimum absolute atomic E-state index is 0.196. The van der Waals surface area contributed by atoms with Gasteiger partial charge in [0.25, 0.3) is 11.5 Å². The Kier molecular flexibility index (Phi) is 4.94. The summed E-state index contributed by atoms with van der Waals surface area (Å²) in [5.41, 5.74) is 3.00. The number of carbonyl (C=O) groups excluding carboxylic acids is 1. The predicted octanol–water partition coefficient (Wildman–Crippen LogP) is 2.71. The Balaban J connectivity index is 1.65. The zero-order chi connectivity index (χ0) is 17.1. The Morgan fingerprint density at radius 2 is 2.17 bits per heavy atom. The fourth-order valence-corrected chi connectivity index (χ4v) is 3.16. The molecule has 8 heteroatoms. The molecule has 2 aromatic heterocycles. The topological polar surface area (TPSA) is 73.2 Å². The molecule has 0 bridgehead atoms. The van der Waals surface area contributed by atoms with Crippen molar-refractivity contribution in [1.82, 2.24) is 9.66 Å². The maximum absolute atomic E-state index is 12.3. The number of carbonyl (C=O) groups is 1. The monoisotopic (exact) mass is 363 g/mol. The number of fused-ring (bicyclic) bond motifs is 1. The first-order valence-corrected chi connectivity index (χ1v) is 8.40. The first kappa shape index (κ1) is 16.6. The minimum atomic E-state index is -0.441. The van der Waals surface area contributed by atoms with Gasteiger partial charge in [0.2, 0.25) is 0 Å². The fraction of sp³-hybridized carbons (Fsp3) is 0.188. The number of aromatic nitrogens is 2. The SMILES string of the molecule is Cc1nc2sccc2c(=O)n1NC(=O)COCc1ccccc1Cl. The standard InChI is InChI=1S/C16H14ClN3O3S/c1-10-18-15-12(6-7-24-15)16(22)20(10)19-14(21)9-23-8-11-4-2-3-5-13(11)17/h2-7H,8-9H2,1H3,(H,19,21). The molecule has 0 atom stereocenters. The molecule has 1 amide bonds. The molecular weight excluding hydrogens is 350 g/mol. The predicted molar refractivity (Wildman–Crippen MR) is 94.1 cm³/mol. The van der Waals surface area contributed by atoms with Crippen LogP contribution in [-0.2, 0) is 16.1 Å². The molecule has 0 fully saturated rings. The lowest BCUT2D eigenvalue weighted by molar-refractivity contribution is -0.122. The number of rotatable bonds is 5. The number of nitrogens with one attached hydrogen (secondary N) is 1. The van der Waals surface area contributed by atoms with Crippen molar-refractivity contribution in [3.05, 3.63) is 62.5 Å². The summed E-state index contributed by atoms with van der Waals surface area (Å²) in [7, 11) is 0. The van der Waals surface area contributed by atoms with Crippen LogP contribution in [0.2, 0.25) is 5.02 Å². The van der Waals surface area contributed by atoms with Crippen molar-refractivity contribution >= 4 is 39.1 Å². The maximum Gasteiger partial charge on any atom is 0.281 e. The Bertz CT molecular complexity index is 951. The first-order chi connectivity index (χ1) is 11.6. The number of hydrogen-bond acceptors (Lipinski definition) is 5. The van der Waals surface area contributed by atoms with E-state index in [1.807, 2.05) is 18.2 Å². The Hall–Kier alpha value is -2.22. The number of ether oxygens (including phenoxy) is 1. The van der Waals surface area contributed by atoms with E-state index < -0.39 is 5.91 Å². The van der Waals surface area contributed by atoms with Crippen LogP contribution < -0.4 is 11.0 Å². The van der Waals surface area contributed by atoms with E-state index in [0.29, 0.717) is 21.1 Å². The van der Waals surface area contributed by atoms with Crippen LogP contribution >= 0.6 is 22.9 Å². The average molecular weight is 364 g/mol. The summed E-state index contributed by atoms with van der Waals surface area (Å²) >= 11 is 7.40. The van der Waals surface area contributed by atoms with Crippen molar-refractivity contribution in [1.29, 1.82) is 0 Å². The van der Waals surface area contributed by atoms with Crippen LogP contribution in [0.5, 0.6) is 0 Å². The number of halogens is 1. The lowest BCUT2D eigenvalue weighted by Gasteiger charge is -2.11. The average Bonchev–Trinajstić information content (AvgIpc) is 3.01. The molecule has 0 unspecified atom stereocenters.